The second kappa shape index (κ2) is 11.3. The van der Waals surface area contributed by atoms with Crippen LogP contribution in [0.2, 0.25) is 0 Å². The standard InChI is InChI=1S/C29H25ClN2O6/c1-4-15-37-29(36)21-7-5-6-8-22(21)32-26(33)24(30)25(27(32)34)31-20-12-10-19(11-13-20)28(35)38-23-14-9-17(2)16-18(23)3/h5-14,16,31H,4,15H2,1-3H3. The maximum absolute atomic E-state index is 13.2. The van der Waals surface area contributed by atoms with E-state index in [-0.39, 0.29) is 28.6 Å². The Kier molecular flexibility index (Phi) is 7.93. The predicted molar refractivity (Wildman–Crippen MR) is 143 cm³/mol. The fourth-order valence-corrected chi connectivity index (χ4v) is 4.06. The van der Waals surface area contributed by atoms with E-state index in [1.165, 1.54) is 24.3 Å². The molecule has 0 unspecified atom stereocenters. The van der Waals surface area contributed by atoms with Crippen LogP contribution >= 0.6 is 11.6 Å². The number of carbonyl (C=O) groups is 4. The minimum Gasteiger partial charge on any atom is -0.462 e. The highest BCUT2D eigenvalue weighted by molar-refractivity contribution is 6.53. The summed E-state index contributed by atoms with van der Waals surface area (Å²) < 4.78 is 10.7. The van der Waals surface area contributed by atoms with Crippen LogP contribution in [0.4, 0.5) is 11.4 Å². The maximum Gasteiger partial charge on any atom is 0.343 e. The summed E-state index contributed by atoms with van der Waals surface area (Å²) in [5.74, 6) is -2.22. The van der Waals surface area contributed by atoms with Gasteiger partial charge in [0.1, 0.15) is 16.5 Å². The Bertz CT molecular complexity index is 1460. The molecule has 1 aliphatic heterocycles. The first kappa shape index (κ1) is 26.6. The van der Waals surface area contributed by atoms with Gasteiger partial charge in [0.25, 0.3) is 11.8 Å². The number of anilines is 2. The van der Waals surface area contributed by atoms with Gasteiger partial charge in [-0.2, -0.15) is 0 Å². The molecule has 194 valence electrons. The molecule has 1 aliphatic rings. The van der Waals surface area contributed by atoms with Crippen LogP contribution in [0.25, 0.3) is 0 Å². The van der Waals surface area contributed by atoms with Crippen molar-refractivity contribution < 1.29 is 28.7 Å². The van der Waals surface area contributed by atoms with Gasteiger partial charge in [-0.15, -0.1) is 0 Å². The van der Waals surface area contributed by atoms with Crippen molar-refractivity contribution in [3.05, 3.63) is 99.7 Å². The van der Waals surface area contributed by atoms with Crippen LogP contribution in [0.15, 0.2) is 77.5 Å². The Hall–Kier alpha value is -4.43. The lowest BCUT2D eigenvalue weighted by atomic mass is 10.1. The molecule has 0 atom stereocenters. The Morgan fingerprint density at radius 1 is 0.921 bits per heavy atom. The van der Waals surface area contributed by atoms with E-state index < -0.39 is 23.8 Å². The molecular weight excluding hydrogens is 508 g/mol. The highest BCUT2D eigenvalue weighted by atomic mass is 35.5. The van der Waals surface area contributed by atoms with E-state index in [9.17, 15) is 19.2 Å². The molecule has 0 bridgehead atoms. The van der Waals surface area contributed by atoms with Gasteiger partial charge < -0.3 is 14.8 Å². The first-order chi connectivity index (χ1) is 18.2. The molecule has 0 radical (unpaired) electrons. The minimum absolute atomic E-state index is 0.0695. The normalized spacial score (nSPS) is 13.1. The topological polar surface area (TPSA) is 102 Å². The molecule has 9 heteroatoms. The number of ether oxygens (including phenoxy) is 2. The molecule has 0 fully saturated rings. The number of rotatable bonds is 8. The molecule has 0 saturated carbocycles. The van der Waals surface area contributed by atoms with E-state index in [1.54, 1.807) is 30.3 Å². The molecule has 1 heterocycles. The zero-order chi connectivity index (χ0) is 27.4. The molecule has 0 spiro atoms. The smallest absolute Gasteiger partial charge is 0.343 e. The summed E-state index contributed by atoms with van der Waals surface area (Å²) in [6.07, 6.45) is 0.624. The first-order valence-electron chi connectivity index (χ1n) is 11.9. The third kappa shape index (κ3) is 5.45. The zero-order valence-electron chi connectivity index (χ0n) is 21.0. The molecule has 2 amide bonds. The number of nitrogens with one attached hydrogen (secondary N) is 1. The molecule has 38 heavy (non-hydrogen) atoms. The second-order valence-corrected chi connectivity index (χ2v) is 9.03. The number of para-hydroxylation sites is 1. The van der Waals surface area contributed by atoms with Crippen LogP contribution in [0, 0.1) is 13.8 Å². The molecule has 0 saturated heterocycles. The monoisotopic (exact) mass is 532 g/mol. The quantitative estimate of drug-likeness (QED) is 0.231. The van der Waals surface area contributed by atoms with E-state index in [4.69, 9.17) is 21.1 Å². The van der Waals surface area contributed by atoms with Gasteiger partial charge in [0.15, 0.2) is 0 Å². The fraction of sp³-hybridized carbons (Fsp3) is 0.172. The molecule has 3 aromatic carbocycles. The number of halogens is 1. The second-order valence-electron chi connectivity index (χ2n) is 8.65. The maximum atomic E-state index is 13.2. The zero-order valence-corrected chi connectivity index (χ0v) is 21.8. The van der Waals surface area contributed by atoms with Crippen LogP contribution in [0.1, 0.15) is 45.2 Å². The van der Waals surface area contributed by atoms with Gasteiger partial charge in [-0.1, -0.05) is 48.4 Å². The minimum atomic E-state index is -0.774. The number of carbonyl (C=O) groups excluding carboxylic acids is 4. The van der Waals surface area contributed by atoms with Crippen molar-refractivity contribution in [2.24, 2.45) is 0 Å². The number of aryl methyl sites for hydroxylation is 2. The van der Waals surface area contributed by atoms with Gasteiger partial charge in [0.05, 0.1) is 23.4 Å². The van der Waals surface area contributed by atoms with Crippen molar-refractivity contribution in [1.29, 1.82) is 0 Å². The number of amides is 2. The number of benzene rings is 3. The molecule has 8 nitrogen and oxygen atoms in total. The lowest BCUT2D eigenvalue weighted by Gasteiger charge is -2.18. The fourth-order valence-electron chi connectivity index (χ4n) is 3.85. The SMILES string of the molecule is CCCOC(=O)c1ccccc1N1C(=O)C(Cl)=C(Nc2ccc(C(=O)Oc3ccc(C)cc3C)cc2)C1=O. The van der Waals surface area contributed by atoms with Gasteiger partial charge >= 0.3 is 11.9 Å². The predicted octanol–water partition coefficient (Wildman–Crippen LogP) is 5.53. The molecule has 1 N–H and O–H groups in total. The van der Waals surface area contributed by atoms with E-state index in [2.05, 4.69) is 5.32 Å². The van der Waals surface area contributed by atoms with E-state index >= 15 is 0 Å². The van der Waals surface area contributed by atoms with Crippen LogP contribution in [0.3, 0.4) is 0 Å². The summed E-state index contributed by atoms with van der Waals surface area (Å²) >= 11 is 6.25. The van der Waals surface area contributed by atoms with Gasteiger partial charge in [-0.05, 0) is 68.3 Å². The summed E-state index contributed by atoms with van der Waals surface area (Å²) in [6, 6.07) is 17.9. The van der Waals surface area contributed by atoms with Crippen molar-refractivity contribution in [3.63, 3.8) is 0 Å². The van der Waals surface area contributed by atoms with Gasteiger partial charge in [-0.3, -0.25) is 9.59 Å². The number of hydrogen-bond donors (Lipinski definition) is 1. The Balaban J connectivity index is 1.50. The summed E-state index contributed by atoms with van der Waals surface area (Å²) in [5.41, 5.74) is 2.60. The van der Waals surface area contributed by atoms with E-state index in [0.717, 1.165) is 16.0 Å². The van der Waals surface area contributed by atoms with Crippen molar-refractivity contribution >= 4 is 46.7 Å². The Morgan fingerprint density at radius 2 is 1.63 bits per heavy atom. The van der Waals surface area contributed by atoms with Crippen molar-refractivity contribution in [2.45, 2.75) is 27.2 Å². The first-order valence-corrected chi connectivity index (χ1v) is 12.3. The average molecular weight is 533 g/mol. The molecule has 0 aliphatic carbocycles. The van der Waals surface area contributed by atoms with Crippen LogP contribution < -0.4 is 15.0 Å². The summed E-state index contributed by atoms with van der Waals surface area (Å²) in [4.78, 5) is 52.1. The molecule has 3 aromatic rings. The average Bonchev–Trinajstić information content (AvgIpc) is 3.12. The van der Waals surface area contributed by atoms with Crippen molar-refractivity contribution in [2.75, 3.05) is 16.8 Å². The van der Waals surface area contributed by atoms with Crippen molar-refractivity contribution in [1.82, 2.24) is 0 Å². The van der Waals surface area contributed by atoms with E-state index in [0.29, 0.717) is 23.4 Å². The van der Waals surface area contributed by atoms with Crippen LogP contribution in [0.5, 0.6) is 5.75 Å². The van der Waals surface area contributed by atoms with E-state index in [1.807, 2.05) is 32.9 Å². The van der Waals surface area contributed by atoms with Gasteiger partial charge in [-0.25, -0.2) is 14.5 Å². The van der Waals surface area contributed by atoms with Crippen molar-refractivity contribution in [3.8, 4) is 5.75 Å². The lowest BCUT2D eigenvalue weighted by molar-refractivity contribution is -0.120. The lowest BCUT2D eigenvalue weighted by Crippen LogP contribution is -2.33. The highest BCUT2D eigenvalue weighted by Crippen LogP contribution is 2.32. The number of imide groups is 1. The number of hydrogen-bond acceptors (Lipinski definition) is 7. The Labute approximate surface area is 224 Å². The summed E-state index contributed by atoms with van der Waals surface area (Å²) in [6.45, 7) is 5.87. The number of esters is 2. The third-order valence-electron chi connectivity index (χ3n) is 5.75. The van der Waals surface area contributed by atoms with Crippen LogP contribution in [-0.2, 0) is 14.3 Å². The highest BCUT2D eigenvalue weighted by Gasteiger charge is 2.40. The number of nitrogens with zero attached hydrogens (tertiary/aromatic N) is 1. The summed E-state index contributed by atoms with van der Waals surface area (Å²) in [5, 5.41) is 2.52. The third-order valence-corrected chi connectivity index (χ3v) is 6.10. The molecular formula is C29H25ClN2O6. The van der Waals surface area contributed by atoms with Gasteiger partial charge in [0.2, 0.25) is 0 Å². The van der Waals surface area contributed by atoms with Gasteiger partial charge in [0, 0.05) is 5.69 Å². The molecule has 4 rings (SSSR count). The molecule has 0 aromatic heterocycles. The Morgan fingerprint density at radius 3 is 2.32 bits per heavy atom. The largest absolute Gasteiger partial charge is 0.462 e. The summed E-state index contributed by atoms with van der Waals surface area (Å²) in [7, 11) is 0. The van der Waals surface area contributed by atoms with Crippen LogP contribution in [-0.4, -0.2) is 30.4 Å².